The summed E-state index contributed by atoms with van der Waals surface area (Å²) in [6.45, 7) is 6.22. The number of ether oxygens (including phenoxy) is 1. The third-order valence-corrected chi connectivity index (χ3v) is 5.06. The second-order valence-corrected chi connectivity index (χ2v) is 7.47. The van der Waals surface area contributed by atoms with E-state index in [2.05, 4.69) is 27.9 Å². The Bertz CT molecular complexity index is 766. The summed E-state index contributed by atoms with van der Waals surface area (Å²) in [5.74, 6) is 1.97. The zero-order valence-electron chi connectivity index (χ0n) is 16.2. The van der Waals surface area contributed by atoms with Crippen LogP contribution in [0.3, 0.4) is 0 Å². The van der Waals surface area contributed by atoms with E-state index in [9.17, 15) is 4.79 Å². The van der Waals surface area contributed by atoms with E-state index in [4.69, 9.17) is 4.74 Å². The number of aromatic nitrogens is 2. The molecule has 2 aromatic rings. The zero-order valence-corrected chi connectivity index (χ0v) is 16.2. The Morgan fingerprint density at radius 2 is 2.23 bits per heavy atom. The van der Waals surface area contributed by atoms with Crippen molar-refractivity contribution in [2.45, 2.75) is 64.5 Å². The maximum Gasteiger partial charge on any atom is 0.221 e. The van der Waals surface area contributed by atoms with E-state index in [0.29, 0.717) is 12.5 Å². The number of carbonyl (C=O) groups excluding carboxylic acids is 1. The van der Waals surface area contributed by atoms with Crippen LogP contribution in [0.4, 0.5) is 0 Å². The molecule has 2 heterocycles. The molecule has 0 spiro atoms. The third-order valence-electron chi connectivity index (χ3n) is 5.06. The Hall–Kier alpha value is -2.30. The van der Waals surface area contributed by atoms with Gasteiger partial charge in [-0.25, -0.2) is 4.98 Å². The second kappa shape index (κ2) is 7.94. The molecule has 0 radical (unpaired) electrons. The quantitative estimate of drug-likeness (QED) is 0.857. The lowest BCUT2D eigenvalue weighted by Crippen LogP contribution is -2.32. The fraction of sp³-hybridized carbons (Fsp3) is 0.524. The summed E-state index contributed by atoms with van der Waals surface area (Å²) in [5.41, 5.74) is 2.21. The highest BCUT2D eigenvalue weighted by Crippen LogP contribution is 2.35. The van der Waals surface area contributed by atoms with Crippen LogP contribution in [0.5, 0.6) is 5.75 Å². The third kappa shape index (κ3) is 3.92. The lowest BCUT2D eigenvalue weighted by molar-refractivity contribution is -0.121. The van der Waals surface area contributed by atoms with Gasteiger partial charge >= 0.3 is 0 Å². The Morgan fingerprint density at radius 1 is 1.42 bits per heavy atom. The van der Waals surface area contributed by atoms with Gasteiger partial charge in [0.1, 0.15) is 11.6 Å². The van der Waals surface area contributed by atoms with Crippen molar-refractivity contribution < 1.29 is 9.53 Å². The highest BCUT2D eigenvalue weighted by atomic mass is 16.5. The average molecular weight is 355 g/mol. The van der Waals surface area contributed by atoms with E-state index in [1.807, 2.05) is 38.2 Å². The van der Waals surface area contributed by atoms with Crippen molar-refractivity contribution in [3.8, 4) is 5.75 Å². The molecule has 1 aromatic heterocycles. The van der Waals surface area contributed by atoms with Gasteiger partial charge in [0.2, 0.25) is 5.91 Å². The minimum absolute atomic E-state index is 0.0364. The average Bonchev–Trinajstić information content (AvgIpc) is 3.04. The second-order valence-electron chi connectivity index (χ2n) is 7.47. The molecule has 1 aromatic carbocycles. The molecule has 5 heteroatoms. The summed E-state index contributed by atoms with van der Waals surface area (Å²) in [6.07, 6.45) is 5.70. The van der Waals surface area contributed by atoms with Crippen molar-refractivity contribution in [2.24, 2.45) is 0 Å². The first-order valence-corrected chi connectivity index (χ1v) is 9.49. The highest BCUT2D eigenvalue weighted by Gasteiger charge is 2.27. The van der Waals surface area contributed by atoms with Gasteiger partial charge in [-0.15, -0.1) is 0 Å². The Kier molecular flexibility index (Phi) is 5.64. The van der Waals surface area contributed by atoms with Crippen LogP contribution in [0.15, 0.2) is 30.5 Å². The fourth-order valence-corrected chi connectivity index (χ4v) is 3.87. The van der Waals surface area contributed by atoms with Gasteiger partial charge in [-0.05, 0) is 51.3 Å². The number of nitrogens with one attached hydrogen (secondary N) is 1. The molecule has 140 valence electrons. The van der Waals surface area contributed by atoms with Crippen LogP contribution < -0.4 is 10.1 Å². The molecular formula is C21H29N3O2. The summed E-state index contributed by atoms with van der Waals surface area (Å²) in [4.78, 5) is 17.2. The van der Waals surface area contributed by atoms with Crippen LogP contribution in [-0.2, 0) is 11.2 Å². The number of aryl methyl sites for hydroxylation is 1. The fourth-order valence-electron chi connectivity index (χ4n) is 3.87. The molecule has 0 saturated heterocycles. The lowest BCUT2D eigenvalue weighted by Gasteiger charge is -2.27. The Morgan fingerprint density at radius 3 is 2.96 bits per heavy atom. The molecule has 1 aliphatic heterocycles. The zero-order chi connectivity index (χ0) is 18.7. The predicted octanol–water partition coefficient (Wildman–Crippen LogP) is 3.84. The smallest absolute Gasteiger partial charge is 0.221 e. The first kappa shape index (κ1) is 18.5. The number of methoxy groups -OCH3 is 1. The molecule has 5 nitrogen and oxygen atoms in total. The maximum atomic E-state index is 12.6. The highest BCUT2D eigenvalue weighted by molar-refractivity contribution is 5.77. The first-order valence-electron chi connectivity index (χ1n) is 9.49. The van der Waals surface area contributed by atoms with Crippen LogP contribution in [0.1, 0.15) is 69.1 Å². The first-order chi connectivity index (χ1) is 12.5. The molecule has 3 rings (SSSR count). The number of rotatable bonds is 6. The Labute approximate surface area is 155 Å². The number of benzene rings is 1. The van der Waals surface area contributed by atoms with E-state index < -0.39 is 0 Å². The number of hydrogen-bond acceptors (Lipinski definition) is 3. The summed E-state index contributed by atoms with van der Waals surface area (Å²) in [7, 11) is 1.67. The summed E-state index contributed by atoms with van der Waals surface area (Å²) in [6, 6.07) is 8.57. The van der Waals surface area contributed by atoms with Gasteiger partial charge in [0.15, 0.2) is 0 Å². The van der Waals surface area contributed by atoms with E-state index in [0.717, 1.165) is 35.7 Å². The van der Waals surface area contributed by atoms with Crippen molar-refractivity contribution in [3.63, 3.8) is 0 Å². The monoisotopic (exact) mass is 355 g/mol. The van der Waals surface area contributed by atoms with Gasteiger partial charge in [0.25, 0.3) is 0 Å². The molecule has 0 aliphatic carbocycles. The molecule has 1 N–H and O–H groups in total. The number of hydrogen-bond donors (Lipinski definition) is 1. The normalized spacial score (nSPS) is 17.7. The van der Waals surface area contributed by atoms with E-state index in [-0.39, 0.29) is 17.9 Å². The molecule has 0 unspecified atom stereocenters. The van der Waals surface area contributed by atoms with Gasteiger partial charge in [-0.3, -0.25) is 4.79 Å². The van der Waals surface area contributed by atoms with Gasteiger partial charge in [-0.2, -0.15) is 0 Å². The topological polar surface area (TPSA) is 56.1 Å². The van der Waals surface area contributed by atoms with E-state index in [1.165, 1.54) is 6.42 Å². The van der Waals surface area contributed by atoms with Crippen molar-refractivity contribution in [2.75, 3.05) is 7.11 Å². The number of fused-ring (bicyclic) bond motifs is 1. The predicted molar refractivity (Wildman–Crippen MR) is 103 cm³/mol. The molecular weight excluding hydrogens is 326 g/mol. The summed E-state index contributed by atoms with van der Waals surface area (Å²) in [5, 5.41) is 3.02. The Balaban J connectivity index is 2.00. The molecule has 1 amide bonds. The van der Waals surface area contributed by atoms with Crippen molar-refractivity contribution in [1.29, 1.82) is 0 Å². The summed E-state index contributed by atoms with van der Waals surface area (Å²) >= 11 is 0. The van der Waals surface area contributed by atoms with Crippen molar-refractivity contribution in [1.82, 2.24) is 14.9 Å². The molecule has 2 atom stereocenters. The number of amides is 1. The summed E-state index contributed by atoms with van der Waals surface area (Å²) < 4.78 is 7.75. The molecule has 0 fully saturated rings. The maximum absolute atomic E-state index is 12.6. The van der Waals surface area contributed by atoms with Crippen LogP contribution in [-0.4, -0.2) is 28.6 Å². The number of imidazole rings is 1. The van der Waals surface area contributed by atoms with Crippen LogP contribution in [0, 0.1) is 0 Å². The minimum atomic E-state index is -0.0364. The van der Waals surface area contributed by atoms with Gasteiger partial charge in [0.05, 0.1) is 7.11 Å². The largest absolute Gasteiger partial charge is 0.497 e. The van der Waals surface area contributed by atoms with Gasteiger partial charge < -0.3 is 14.6 Å². The molecule has 0 bridgehead atoms. The van der Waals surface area contributed by atoms with Gasteiger partial charge in [-0.1, -0.05) is 12.1 Å². The van der Waals surface area contributed by atoms with Crippen LogP contribution >= 0.6 is 0 Å². The number of nitrogens with zero attached hydrogens (tertiary/aromatic N) is 2. The van der Waals surface area contributed by atoms with Gasteiger partial charge in [0, 0.05) is 42.7 Å². The number of carbonyl (C=O) groups is 1. The lowest BCUT2D eigenvalue weighted by atomic mass is 9.91. The standard InChI is InChI=1S/C21H29N3O2/c1-14(2)23-21(25)12-18(16-8-6-9-17(11-16)26-4)19-13-22-20-10-5-7-15(3)24(19)20/h6,8-9,11,13-15,18H,5,7,10,12H2,1-4H3,(H,23,25)/t15-,18-/m1/s1. The molecule has 0 saturated carbocycles. The minimum Gasteiger partial charge on any atom is -0.497 e. The van der Waals surface area contributed by atoms with Crippen molar-refractivity contribution in [3.05, 3.63) is 47.5 Å². The van der Waals surface area contributed by atoms with E-state index >= 15 is 0 Å². The van der Waals surface area contributed by atoms with Crippen LogP contribution in [0.2, 0.25) is 0 Å². The van der Waals surface area contributed by atoms with Crippen molar-refractivity contribution >= 4 is 5.91 Å². The SMILES string of the molecule is COc1cccc([C@@H](CC(=O)NC(C)C)c2cnc3n2[C@H](C)CCC3)c1. The molecule has 26 heavy (non-hydrogen) atoms. The van der Waals surface area contributed by atoms with E-state index in [1.54, 1.807) is 7.11 Å². The van der Waals surface area contributed by atoms with Crippen LogP contribution in [0.25, 0.3) is 0 Å². The molecule has 1 aliphatic rings.